The molecular weight excluding hydrogens is 242 g/mol. The van der Waals surface area contributed by atoms with Crippen molar-refractivity contribution in [2.45, 2.75) is 109 Å². The van der Waals surface area contributed by atoms with Crippen molar-refractivity contribution < 1.29 is 0 Å². The van der Waals surface area contributed by atoms with E-state index in [4.69, 9.17) is 0 Å². The maximum absolute atomic E-state index is 3.69. The summed E-state index contributed by atoms with van der Waals surface area (Å²) in [7, 11) is 0. The second-order valence-corrected chi connectivity index (χ2v) is 6.50. The molecule has 1 nitrogen and oxygen atoms in total. The van der Waals surface area contributed by atoms with E-state index in [0.717, 1.165) is 6.04 Å². The molecule has 0 spiro atoms. The van der Waals surface area contributed by atoms with Crippen LogP contribution in [0.5, 0.6) is 0 Å². The van der Waals surface area contributed by atoms with Crippen LogP contribution < -0.4 is 5.32 Å². The maximum Gasteiger partial charge on any atom is 0.0253 e. The number of nitrogens with one attached hydrogen (secondary N) is 1. The van der Waals surface area contributed by atoms with Crippen molar-refractivity contribution in [1.82, 2.24) is 5.32 Å². The predicted molar refractivity (Wildman–Crippen MR) is 91.2 cm³/mol. The lowest BCUT2D eigenvalue weighted by Crippen LogP contribution is -2.27. The summed E-state index contributed by atoms with van der Waals surface area (Å²) in [6.07, 6.45) is 23.0. The fourth-order valence-electron chi connectivity index (χ4n) is 3.16. The summed E-state index contributed by atoms with van der Waals surface area (Å²) in [5.74, 6) is 0. The summed E-state index contributed by atoms with van der Waals surface area (Å²) >= 11 is 0. The molecule has 2 unspecified atom stereocenters. The van der Waals surface area contributed by atoms with E-state index in [0.29, 0.717) is 6.04 Å². The first kappa shape index (κ1) is 17.8. The Morgan fingerprint density at radius 2 is 1.50 bits per heavy atom. The lowest BCUT2D eigenvalue weighted by molar-refractivity contribution is 0.561. The molecule has 1 heterocycles. The average molecular weight is 280 g/mol. The summed E-state index contributed by atoms with van der Waals surface area (Å²) in [5.41, 5.74) is 0. The van der Waals surface area contributed by atoms with E-state index in [1.54, 1.807) is 0 Å². The maximum atomic E-state index is 3.69. The highest BCUT2D eigenvalue weighted by atomic mass is 15.0. The zero-order valence-electron chi connectivity index (χ0n) is 14.0. The van der Waals surface area contributed by atoms with E-state index < -0.39 is 0 Å². The second kappa shape index (κ2) is 12.4. The number of unbranched alkanes of at least 4 members (excludes halogenated alkanes) is 9. The SMILES string of the molecule is CCCCCCCCCCCC=CC1CCC(CC)N1. The van der Waals surface area contributed by atoms with Crippen molar-refractivity contribution in [3.8, 4) is 0 Å². The van der Waals surface area contributed by atoms with Gasteiger partial charge in [0.15, 0.2) is 0 Å². The normalized spacial score (nSPS) is 22.9. The summed E-state index contributed by atoms with van der Waals surface area (Å²) in [6.45, 7) is 4.57. The van der Waals surface area contributed by atoms with Gasteiger partial charge in [-0.2, -0.15) is 0 Å². The quantitative estimate of drug-likeness (QED) is 0.341. The molecule has 0 saturated carbocycles. The van der Waals surface area contributed by atoms with E-state index in [2.05, 4.69) is 31.3 Å². The van der Waals surface area contributed by atoms with Gasteiger partial charge >= 0.3 is 0 Å². The zero-order valence-corrected chi connectivity index (χ0v) is 14.0. The van der Waals surface area contributed by atoms with Crippen molar-refractivity contribution in [1.29, 1.82) is 0 Å². The molecule has 0 aromatic rings. The van der Waals surface area contributed by atoms with Crippen molar-refractivity contribution in [2.75, 3.05) is 0 Å². The minimum Gasteiger partial charge on any atom is -0.308 e. The van der Waals surface area contributed by atoms with Crippen LogP contribution in [0.1, 0.15) is 97.3 Å². The lowest BCUT2D eigenvalue weighted by Gasteiger charge is -2.08. The molecule has 2 atom stereocenters. The number of hydrogen-bond acceptors (Lipinski definition) is 1. The Labute approximate surface area is 127 Å². The predicted octanol–water partition coefficient (Wildman–Crippen LogP) is 5.99. The Bertz CT molecular complexity index is 234. The van der Waals surface area contributed by atoms with Gasteiger partial charge in [-0.25, -0.2) is 0 Å². The highest BCUT2D eigenvalue weighted by Crippen LogP contribution is 2.16. The van der Waals surface area contributed by atoms with Crippen molar-refractivity contribution >= 4 is 0 Å². The van der Waals surface area contributed by atoms with E-state index in [-0.39, 0.29) is 0 Å². The molecule has 1 fully saturated rings. The molecule has 20 heavy (non-hydrogen) atoms. The number of allylic oxidation sites excluding steroid dienone is 1. The molecule has 0 amide bonds. The van der Waals surface area contributed by atoms with Crippen LogP contribution in [-0.2, 0) is 0 Å². The van der Waals surface area contributed by atoms with E-state index in [1.165, 1.54) is 83.5 Å². The zero-order chi connectivity index (χ0) is 14.5. The minimum absolute atomic E-state index is 0.665. The molecule has 0 radical (unpaired) electrons. The van der Waals surface area contributed by atoms with Crippen LogP contribution in [0.4, 0.5) is 0 Å². The molecule has 0 aromatic carbocycles. The topological polar surface area (TPSA) is 12.0 Å². The van der Waals surface area contributed by atoms with Crippen molar-refractivity contribution in [3.63, 3.8) is 0 Å². The molecule has 1 rings (SSSR count). The van der Waals surface area contributed by atoms with Crippen LogP contribution in [0.2, 0.25) is 0 Å². The van der Waals surface area contributed by atoms with E-state index in [1.807, 2.05) is 0 Å². The summed E-state index contributed by atoms with van der Waals surface area (Å²) in [5, 5.41) is 3.69. The van der Waals surface area contributed by atoms with Gasteiger partial charge in [0, 0.05) is 12.1 Å². The fourth-order valence-corrected chi connectivity index (χ4v) is 3.16. The first-order valence-electron chi connectivity index (χ1n) is 9.29. The van der Waals surface area contributed by atoms with Gasteiger partial charge in [-0.3, -0.25) is 0 Å². The van der Waals surface area contributed by atoms with Crippen molar-refractivity contribution in [2.24, 2.45) is 0 Å². The number of hydrogen-bond donors (Lipinski definition) is 1. The van der Waals surface area contributed by atoms with Gasteiger partial charge in [-0.1, -0.05) is 77.4 Å². The summed E-state index contributed by atoms with van der Waals surface area (Å²) in [6, 6.07) is 1.44. The average Bonchev–Trinajstić information content (AvgIpc) is 2.93. The van der Waals surface area contributed by atoms with E-state index in [9.17, 15) is 0 Å². The second-order valence-electron chi connectivity index (χ2n) is 6.50. The van der Waals surface area contributed by atoms with Gasteiger partial charge in [-0.05, 0) is 32.1 Å². The van der Waals surface area contributed by atoms with Gasteiger partial charge in [-0.15, -0.1) is 0 Å². The van der Waals surface area contributed by atoms with E-state index >= 15 is 0 Å². The Kier molecular flexibility index (Phi) is 11.0. The smallest absolute Gasteiger partial charge is 0.0253 e. The van der Waals surface area contributed by atoms with Gasteiger partial charge in [0.25, 0.3) is 0 Å². The van der Waals surface area contributed by atoms with Gasteiger partial charge in [0.1, 0.15) is 0 Å². The van der Waals surface area contributed by atoms with Crippen LogP contribution >= 0.6 is 0 Å². The molecule has 1 saturated heterocycles. The Morgan fingerprint density at radius 3 is 2.10 bits per heavy atom. The van der Waals surface area contributed by atoms with Gasteiger partial charge in [0.2, 0.25) is 0 Å². The van der Waals surface area contributed by atoms with Crippen LogP contribution in [0.25, 0.3) is 0 Å². The van der Waals surface area contributed by atoms with Crippen LogP contribution in [0.3, 0.4) is 0 Å². The molecule has 0 bridgehead atoms. The lowest BCUT2D eigenvalue weighted by atomic mass is 10.1. The summed E-state index contributed by atoms with van der Waals surface area (Å²) < 4.78 is 0. The fraction of sp³-hybridized carbons (Fsp3) is 0.895. The third-order valence-electron chi connectivity index (χ3n) is 4.61. The number of rotatable bonds is 12. The highest BCUT2D eigenvalue weighted by Gasteiger charge is 2.19. The molecule has 1 N–H and O–H groups in total. The standard InChI is InChI=1S/C19H37N/c1-3-5-6-7-8-9-10-11-12-13-14-15-19-17-16-18(4-2)20-19/h14-15,18-20H,3-13,16-17H2,1-2H3. The molecule has 118 valence electrons. The molecular formula is C19H37N. The Hall–Kier alpha value is -0.300. The van der Waals surface area contributed by atoms with Crippen LogP contribution in [-0.4, -0.2) is 12.1 Å². The first-order valence-corrected chi connectivity index (χ1v) is 9.29. The summed E-state index contributed by atoms with van der Waals surface area (Å²) in [4.78, 5) is 0. The molecule has 1 aliphatic heterocycles. The van der Waals surface area contributed by atoms with Crippen molar-refractivity contribution in [3.05, 3.63) is 12.2 Å². The Morgan fingerprint density at radius 1 is 0.850 bits per heavy atom. The van der Waals surface area contributed by atoms with Gasteiger partial charge in [0.05, 0.1) is 0 Å². The van der Waals surface area contributed by atoms with Gasteiger partial charge < -0.3 is 5.32 Å². The molecule has 0 aliphatic carbocycles. The first-order chi connectivity index (χ1) is 9.86. The third kappa shape index (κ3) is 8.79. The van der Waals surface area contributed by atoms with Crippen LogP contribution in [0.15, 0.2) is 12.2 Å². The Balaban J connectivity index is 1.83. The third-order valence-corrected chi connectivity index (χ3v) is 4.61. The molecule has 1 heteroatoms. The van der Waals surface area contributed by atoms with Crippen LogP contribution in [0, 0.1) is 0 Å². The highest BCUT2D eigenvalue weighted by molar-refractivity contribution is 4.98. The minimum atomic E-state index is 0.665. The monoisotopic (exact) mass is 279 g/mol. The molecule has 1 aliphatic rings. The largest absolute Gasteiger partial charge is 0.308 e. The molecule has 0 aromatic heterocycles.